The van der Waals surface area contributed by atoms with Crippen molar-refractivity contribution < 1.29 is 27.8 Å². The predicted octanol–water partition coefficient (Wildman–Crippen LogP) is 2.77. The molecule has 6 heteroatoms. The van der Waals surface area contributed by atoms with Crippen molar-refractivity contribution in [3.05, 3.63) is 34.9 Å². The molecule has 94 valence electrons. The Bertz CT molecular complexity index is 413. The summed E-state index contributed by atoms with van der Waals surface area (Å²) < 4.78 is 40.0. The molecule has 0 atom stereocenters. The quantitative estimate of drug-likeness (QED) is 0.891. The molecule has 0 spiro atoms. The molecule has 0 fully saturated rings. The molecule has 0 heterocycles. The minimum atomic E-state index is -4.35. The second-order valence-corrected chi connectivity index (χ2v) is 3.55. The molecule has 0 radical (unpaired) electrons. The fraction of sp³-hybridized carbons (Fsp3) is 0.364. The first-order chi connectivity index (χ1) is 7.79. The largest absolute Gasteiger partial charge is 0.478 e. The molecule has 0 aliphatic carbocycles. The third-order valence-electron chi connectivity index (χ3n) is 2.11. The molecule has 0 saturated heterocycles. The summed E-state index contributed by atoms with van der Waals surface area (Å²) in [5, 5.41) is 8.70. The first-order valence-electron chi connectivity index (χ1n) is 4.77. The van der Waals surface area contributed by atoms with E-state index >= 15 is 0 Å². The molecule has 0 bridgehead atoms. The molecule has 3 nitrogen and oxygen atoms in total. The average Bonchev–Trinajstić information content (AvgIpc) is 2.18. The predicted molar refractivity (Wildman–Crippen MR) is 53.8 cm³/mol. The minimum absolute atomic E-state index is 0.0991. The zero-order chi connectivity index (χ0) is 13.1. The van der Waals surface area contributed by atoms with E-state index in [4.69, 9.17) is 5.11 Å². The number of hydrogen-bond donors (Lipinski definition) is 1. The Morgan fingerprint density at radius 2 is 2.06 bits per heavy atom. The van der Waals surface area contributed by atoms with Gasteiger partial charge < -0.3 is 9.84 Å². The fourth-order valence-electron chi connectivity index (χ4n) is 1.27. The van der Waals surface area contributed by atoms with E-state index in [1.54, 1.807) is 6.92 Å². The van der Waals surface area contributed by atoms with Gasteiger partial charge in [0.1, 0.15) is 6.61 Å². The van der Waals surface area contributed by atoms with Crippen LogP contribution in [-0.4, -0.2) is 23.9 Å². The van der Waals surface area contributed by atoms with Gasteiger partial charge in [0.15, 0.2) is 0 Å². The number of rotatable bonds is 4. The van der Waals surface area contributed by atoms with Crippen molar-refractivity contribution in [1.82, 2.24) is 0 Å². The van der Waals surface area contributed by atoms with Gasteiger partial charge in [-0.3, -0.25) is 0 Å². The molecule has 1 aromatic carbocycles. The second-order valence-electron chi connectivity index (χ2n) is 3.55. The molecular formula is C11H11F3O3. The van der Waals surface area contributed by atoms with Crippen molar-refractivity contribution in [2.75, 3.05) is 6.61 Å². The van der Waals surface area contributed by atoms with E-state index in [0.717, 1.165) is 0 Å². The van der Waals surface area contributed by atoms with Crippen LogP contribution in [0.3, 0.4) is 0 Å². The van der Waals surface area contributed by atoms with Gasteiger partial charge in [-0.25, -0.2) is 4.79 Å². The van der Waals surface area contributed by atoms with Crippen molar-refractivity contribution in [2.45, 2.75) is 19.7 Å². The summed E-state index contributed by atoms with van der Waals surface area (Å²) in [5.74, 6) is -1.07. The topological polar surface area (TPSA) is 46.5 Å². The van der Waals surface area contributed by atoms with Crippen LogP contribution >= 0.6 is 0 Å². The van der Waals surface area contributed by atoms with Crippen molar-refractivity contribution in [3.63, 3.8) is 0 Å². The minimum Gasteiger partial charge on any atom is -0.478 e. The van der Waals surface area contributed by atoms with Crippen LogP contribution in [0.5, 0.6) is 0 Å². The van der Waals surface area contributed by atoms with E-state index in [1.807, 2.05) is 0 Å². The Hall–Kier alpha value is -1.56. The Labute approximate surface area is 95.8 Å². The number of halogens is 3. The first kappa shape index (κ1) is 13.5. The SMILES string of the molecule is Cc1cc(C(=O)O)ccc1COCC(F)(F)F. The number of ether oxygens (including phenoxy) is 1. The number of aryl methyl sites for hydroxylation is 1. The van der Waals surface area contributed by atoms with Crippen molar-refractivity contribution in [1.29, 1.82) is 0 Å². The van der Waals surface area contributed by atoms with Crippen LogP contribution in [0.2, 0.25) is 0 Å². The molecule has 17 heavy (non-hydrogen) atoms. The smallest absolute Gasteiger partial charge is 0.411 e. The number of carbonyl (C=O) groups is 1. The lowest BCUT2D eigenvalue weighted by molar-refractivity contribution is -0.176. The molecule has 1 aromatic rings. The van der Waals surface area contributed by atoms with Gasteiger partial charge >= 0.3 is 12.1 Å². The highest BCUT2D eigenvalue weighted by molar-refractivity contribution is 5.87. The Balaban J connectivity index is 2.64. The molecule has 1 rings (SSSR count). The van der Waals surface area contributed by atoms with Gasteiger partial charge in [0, 0.05) is 0 Å². The van der Waals surface area contributed by atoms with E-state index < -0.39 is 18.8 Å². The number of aromatic carboxylic acids is 1. The maximum atomic E-state index is 11.8. The maximum Gasteiger partial charge on any atom is 0.411 e. The van der Waals surface area contributed by atoms with Crippen molar-refractivity contribution in [2.24, 2.45) is 0 Å². The zero-order valence-corrected chi connectivity index (χ0v) is 9.04. The summed E-state index contributed by atoms with van der Waals surface area (Å²) >= 11 is 0. The van der Waals surface area contributed by atoms with Crippen LogP contribution in [0.25, 0.3) is 0 Å². The maximum absolute atomic E-state index is 11.8. The van der Waals surface area contributed by atoms with Crippen LogP contribution < -0.4 is 0 Å². The van der Waals surface area contributed by atoms with Gasteiger partial charge in [0.25, 0.3) is 0 Å². The molecule has 1 N–H and O–H groups in total. The van der Waals surface area contributed by atoms with Gasteiger partial charge in [-0.2, -0.15) is 13.2 Å². The van der Waals surface area contributed by atoms with Gasteiger partial charge in [0.05, 0.1) is 12.2 Å². The third-order valence-corrected chi connectivity index (χ3v) is 2.11. The lowest BCUT2D eigenvalue weighted by atomic mass is 10.1. The van der Waals surface area contributed by atoms with E-state index in [2.05, 4.69) is 4.74 Å². The van der Waals surface area contributed by atoms with Crippen LogP contribution in [0, 0.1) is 6.92 Å². The first-order valence-corrected chi connectivity index (χ1v) is 4.77. The summed E-state index contributed by atoms with van der Waals surface area (Å²) in [6.45, 7) is 0.122. The number of carboxylic acid groups (broad SMARTS) is 1. The van der Waals surface area contributed by atoms with E-state index in [1.165, 1.54) is 18.2 Å². The normalized spacial score (nSPS) is 11.5. The van der Waals surface area contributed by atoms with Crippen molar-refractivity contribution in [3.8, 4) is 0 Å². The van der Waals surface area contributed by atoms with Crippen molar-refractivity contribution >= 4 is 5.97 Å². The molecule has 0 aliphatic rings. The number of alkyl halides is 3. The van der Waals surface area contributed by atoms with Crippen LogP contribution in [0.4, 0.5) is 13.2 Å². The van der Waals surface area contributed by atoms with Crippen LogP contribution in [0.15, 0.2) is 18.2 Å². The molecule has 0 aliphatic heterocycles. The van der Waals surface area contributed by atoms with Gasteiger partial charge in [0.2, 0.25) is 0 Å². The summed E-state index contributed by atoms with van der Waals surface area (Å²) in [5.41, 5.74) is 1.23. The Kier molecular flexibility index (Phi) is 4.11. The van der Waals surface area contributed by atoms with Crippen LogP contribution in [0.1, 0.15) is 21.5 Å². The standard InChI is InChI=1S/C11H11F3O3/c1-7-4-8(10(15)16)2-3-9(7)5-17-6-11(12,13)14/h2-4H,5-6H2,1H3,(H,15,16). The van der Waals surface area contributed by atoms with Crippen LogP contribution in [-0.2, 0) is 11.3 Å². The van der Waals surface area contributed by atoms with Gasteiger partial charge in [-0.1, -0.05) is 6.07 Å². The third kappa shape index (κ3) is 4.44. The number of hydrogen-bond acceptors (Lipinski definition) is 2. The number of benzene rings is 1. The van der Waals surface area contributed by atoms with Gasteiger partial charge in [-0.05, 0) is 30.2 Å². The highest BCUT2D eigenvalue weighted by atomic mass is 19.4. The van der Waals surface area contributed by atoms with E-state index in [-0.39, 0.29) is 12.2 Å². The summed E-state index contributed by atoms with van der Waals surface area (Å²) in [7, 11) is 0. The second kappa shape index (κ2) is 5.18. The van der Waals surface area contributed by atoms with Gasteiger partial charge in [-0.15, -0.1) is 0 Å². The lowest BCUT2D eigenvalue weighted by Crippen LogP contribution is -2.17. The molecular weight excluding hydrogens is 237 g/mol. The molecule has 0 amide bonds. The highest BCUT2D eigenvalue weighted by Crippen LogP contribution is 2.17. The summed E-state index contributed by atoms with van der Waals surface area (Å²) in [6, 6.07) is 4.19. The highest BCUT2D eigenvalue weighted by Gasteiger charge is 2.27. The van der Waals surface area contributed by atoms with E-state index in [9.17, 15) is 18.0 Å². The summed E-state index contributed by atoms with van der Waals surface area (Å²) in [6.07, 6.45) is -4.35. The molecule has 0 unspecified atom stereocenters. The summed E-state index contributed by atoms with van der Waals surface area (Å²) in [4.78, 5) is 10.6. The lowest BCUT2D eigenvalue weighted by Gasteiger charge is -2.10. The number of carboxylic acids is 1. The molecule has 0 aromatic heterocycles. The average molecular weight is 248 g/mol. The van der Waals surface area contributed by atoms with E-state index in [0.29, 0.717) is 11.1 Å². The Morgan fingerprint density at radius 1 is 1.41 bits per heavy atom. The fourth-order valence-corrected chi connectivity index (χ4v) is 1.27. The Morgan fingerprint density at radius 3 is 2.53 bits per heavy atom. The molecule has 0 saturated carbocycles. The zero-order valence-electron chi connectivity index (χ0n) is 9.04. The monoisotopic (exact) mass is 248 g/mol.